The second-order valence-corrected chi connectivity index (χ2v) is 7.07. The van der Waals surface area contributed by atoms with Crippen LogP contribution in [0.3, 0.4) is 0 Å². The first kappa shape index (κ1) is 21.2. The van der Waals surface area contributed by atoms with Gasteiger partial charge in [0.05, 0.1) is 12.3 Å². The first-order valence-electron chi connectivity index (χ1n) is 10.2. The number of halogens is 1. The summed E-state index contributed by atoms with van der Waals surface area (Å²) >= 11 is 0. The summed E-state index contributed by atoms with van der Waals surface area (Å²) in [5, 5.41) is 17.9. The van der Waals surface area contributed by atoms with E-state index in [0.717, 1.165) is 0 Å². The Morgan fingerprint density at radius 2 is 1.72 bits per heavy atom. The largest absolute Gasteiger partial charge is 0.507 e. The highest BCUT2D eigenvalue weighted by molar-refractivity contribution is 5.74. The number of ether oxygens (including phenoxy) is 3. The summed E-state index contributed by atoms with van der Waals surface area (Å²) in [6.07, 6.45) is 0. The number of phenols is 1. The summed E-state index contributed by atoms with van der Waals surface area (Å²) in [6.45, 7) is 4.29. The Bertz CT molecular complexity index is 1220. The van der Waals surface area contributed by atoms with E-state index in [9.17, 15) is 9.50 Å². The third kappa shape index (κ3) is 4.51. The van der Waals surface area contributed by atoms with Crippen molar-refractivity contribution in [3.05, 3.63) is 83.8 Å². The van der Waals surface area contributed by atoms with Crippen LogP contribution in [0, 0.1) is 12.7 Å². The normalized spacial score (nSPS) is 10.7. The van der Waals surface area contributed by atoms with Crippen molar-refractivity contribution in [1.82, 2.24) is 10.2 Å². The lowest BCUT2D eigenvalue weighted by Crippen LogP contribution is -1.98. The molecule has 0 fully saturated rings. The van der Waals surface area contributed by atoms with E-state index >= 15 is 0 Å². The number of phenolic OH excluding ortho intramolecular Hbond substituents is 1. The van der Waals surface area contributed by atoms with Crippen molar-refractivity contribution in [3.8, 4) is 40.0 Å². The molecule has 0 spiro atoms. The maximum Gasteiger partial charge on any atom is 0.176 e. The number of nitrogens with one attached hydrogen (secondary N) is 1. The molecule has 0 saturated carbocycles. The van der Waals surface area contributed by atoms with Crippen LogP contribution in [0.4, 0.5) is 4.39 Å². The molecule has 4 rings (SSSR count). The van der Waals surface area contributed by atoms with Crippen molar-refractivity contribution in [2.75, 3.05) is 6.61 Å². The van der Waals surface area contributed by atoms with Gasteiger partial charge in [0.2, 0.25) is 0 Å². The van der Waals surface area contributed by atoms with Gasteiger partial charge in [-0.2, -0.15) is 5.10 Å². The zero-order valence-corrected chi connectivity index (χ0v) is 17.8. The lowest BCUT2D eigenvalue weighted by molar-refractivity contribution is 0.298. The molecular weight excluding hydrogens is 411 g/mol. The number of benzene rings is 3. The monoisotopic (exact) mass is 434 g/mol. The van der Waals surface area contributed by atoms with Crippen molar-refractivity contribution in [3.63, 3.8) is 0 Å². The molecule has 0 aliphatic carbocycles. The molecule has 4 aromatic rings. The van der Waals surface area contributed by atoms with Gasteiger partial charge in [0.1, 0.15) is 29.6 Å². The van der Waals surface area contributed by atoms with Gasteiger partial charge in [0.25, 0.3) is 0 Å². The number of aromatic amines is 1. The molecule has 32 heavy (non-hydrogen) atoms. The summed E-state index contributed by atoms with van der Waals surface area (Å²) in [5.41, 5.74) is 2.05. The zero-order valence-electron chi connectivity index (χ0n) is 17.8. The van der Waals surface area contributed by atoms with Gasteiger partial charge in [-0.1, -0.05) is 30.3 Å². The molecule has 0 unspecified atom stereocenters. The highest BCUT2D eigenvalue weighted by atomic mass is 19.1. The van der Waals surface area contributed by atoms with Gasteiger partial charge in [-0.05, 0) is 44.2 Å². The minimum absolute atomic E-state index is 0.0366. The van der Waals surface area contributed by atoms with Gasteiger partial charge >= 0.3 is 0 Å². The van der Waals surface area contributed by atoms with Gasteiger partial charge < -0.3 is 19.3 Å². The second kappa shape index (κ2) is 9.43. The highest BCUT2D eigenvalue weighted by Gasteiger charge is 2.19. The molecule has 0 aliphatic rings. The van der Waals surface area contributed by atoms with Crippen molar-refractivity contribution < 1.29 is 23.7 Å². The molecule has 0 saturated heterocycles. The van der Waals surface area contributed by atoms with Gasteiger partial charge in [0, 0.05) is 17.2 Å². The Morgan fingerprint density at radius 3 is 2.47 bits per heavy atom. The second-order valence-electron chi connectivity index (χ2n) is 7.07. The minimum Gasteiger partial charge on any atom is -0.507 e. The first-order valence-corrected chi connectivity index (χ1v) is 10.2. The van der Waals surface area contributed by atoms with E-state index in [1.807, 2.05) is 32.0 Å². The third-order valence-corrected chi connectivity index (χ3v) is 4.83. The predicted octanol–water partition coefficient (Wildman–Crippen LogP) is 6.00. The molecule has 0 atom stereocenters. The lowest BCUT2D eigenvalue weighted by Gasteiger charge is -2.13. The number of hydrogen-bond acceptors (Lipinski definition) is 5. The minimum atomic E-state index is -0.338. The zero-order chi connectivity index (χ0) is 22.5. The number of rotatable bonds is 8. The van der Waals surface area contributed by atoms with E-state index in [1.54, 1.807) is 36.4 Å². The molecule has 2 N–H and O–H groups in total. The molecule has 1 aromatic heterocycles. The van der Waals surface area contributed by atoms with Crippen molar-refractivity contribution in [1.29, 1.82) is 0 Å². The number of para-hydroxylation sites is 2. The maximum atomic E-state index is 13.8. The van der Waals surface area contributed by atoms with E-state index in [0.29, 0.717) is 52.1 Å². The topological polar surface area (TPSA) is 76.6 Å². The van der Waals surface area contributed by atoms with Crippen LogP contribution in [0.5, 0.6) is 28.7 Å². The lowest BCUT2D eigenvalue weighted by atomic mass is 10.1. The summed E-state index contributed by atoms with van der Waals surface area (Å²) in [5.74, 6) is 1.67. The Kier molecular flexibility index (Phi) is 6.26. The van der Waals surface area contributed by atoms with E-state index in [4.69, 9.17) is 14.2 Å². The highest BCUT2D eigenvalue weighted by Crippen LogP contribution is 2.41. The number of aromatic nitrogens is 2. The number of aryl methyl sites for hydroxylation is 1. The standard InChI is InChI=1S/C25H23FN2O4/c1-3-30-22-10-6-7-11-23(22)32-25-16(2)27-28-24(25)19-13-12-18(14-21(19)29)31-15-17-8-4-5-9-20(17)26/h4-14,29H,3,15H2,1-2H3,(H,27,28). The Hall–Kier alpha value is -4.00. The average molecular weight is 434 g/mol. The summed E-state index contributed by atoms with van der Waals surface area (Å²) < 4.78 is 31.2. The van der Waals surface area contributed by atoms with Crippen LogP contribution in [0.15, 0.2) is 66.7 Å². The quantitative estimate of drug-likeness (QED) is 0.356. The van der Waals surface area contributed by atoms with Gasteiger partial charge in [-0.15, -0.1) is 0 Å². The molecule has 0 amide bonds. The van der Waals surface area contributed by atoms with Crippen molar-refractivity contribution in [2.24, 2.45) is 0 Å². The Balaban J connectivity index is 1.58. The average Bonchev–Trinajstić information content (AvgIpc) is 3.15. The molecule has 1 heterocycles. The van der Waals surface area contributed by atoms with Gasteiger partial charge in [-0.3, -0.25) is 5.10 Å². The third-order valence-electron chi connectivity index (χ3n) is 4.83. The molecule has 164 valence electrons. The van der Waals surface area contributed by atoms with E-state index in [2.05, 4.69) is 10.2 Å². The Morgan fingerprint density at radius 1 is 0.969 bits per heavy atom. The fraction of sp³-hybridized carbons (Fsp3) is 0.160. The van der Waals surface area contributed by atoms with E-state index < -0.39 is 0 Å². The van der Waals surface area contributed by atoms with Crippen LogP contribution in [-0.2, 0) is 6.61 Å². The summed E-state index contributed by atoms with van der Waals surface area (Å²) in [7, 11) is 0. The molecule has 0 aliphatic heterocycles. The van der Waals surface area contributed by atoms with Crippen molar-refractivity contribution >= 4 is 0 Å². The van der Waals surface area contributed by atoms with Gasteiger partial charge in [0.15, 0.2) is 17.2 Å². The number of H-pyrrole nitrogens is 1. The van der Waals surface area contributed by atoms with Crippen LogP contribution in [0.1, 0.15) is 18.2 Å². The van der Waals surface area contributed by atoms with E-state index in [1.165, 1.54) is 12.1 Å². The fourth-order valence-electron chi connectivity index (χ4n) is 3.22. The SMILES string of the molecule is CCOc1ccccc1Oc1c(-c2ccc(OCc3ccccc3F)cc2O)n[nH]c1C. The van der Waals surface area contributed by atoms with Crippen LogP contribution in [0.2, 0.25) is 0 Å². The van der Waals surface area contributed by atoms with Crippen LogP contribution < -0.4 is 14.2 Å². The Labute approximate surface area is 185 Å². The molecule has 0 bridgehead atoms. The molecule has 3 aromatic carbocycles. The smallest absolute Gasteiger partial charge is 0.176 e. The summed E-state index contributed by atoms with van der Waals surface area (Å²) in [4.78, 5) is 0. The van der Waals surface area contributed by atoms with Crippen LogP contribution in [-0.4, -0.2) is 21.9 Å². The fourth-order valence-corrected chi connectivity index (χ4v) is 3.22. The van der Waals surface area contributed by atoms with Gasteiger partial charge in [-0.25, -0.2) is 4.39 Å². The van der Waals surface area contributed by atoms with Crippen LogP contribution in [0.25, 0.3) is 11.3 Å². The number of nitrogens with zero attached hydrogens (tertiary/aromatic N) is 1. The summed E-state index contributed by atoms with van der Waals surface area (Å²) in [6, 6.07) is 18.6. The maximum absolute atomic E-state index is 13.8. The predicted molar refractivity (Wildman–Crippen MR) is 119 cm³/mol. The number of hydrogen-bond donors (Lipinski definition) is 2. The molecule has 6 nitrogen and oxygen atoms in total. The molecular formula is C25H23FN2O4. The molecule has 7 heteroatoms. The molecule has 0 radical (unpaired) electrons. The number of aromatic hydroxyl groups is 1. The first-order chi connectivity index (χ1) is 15.6. The van der Waals surface area contributed by atoms with Crippen LogP contribution >= 0.6 is 0 Å². The van der Waals surface area contributed by atoms with Crippen molar-refractivity contribution in [2.45, 2.75) is 20.5 Å². The van der Waals surface area contributed by atoms with E-state index in [-0.39, 0.29) is 18.2 Å².